The van der Waals surface area contributed by atoms with Crippen LogP contribution in [0.5, 0.6) is 5.75 Å². The minimum Gasteiger partial charge on any atom is -0.493 e. The third-order valence-electron chi connectivity index (χ3n) is 5.39. The van der Waals surface area contributed by atoms with Crippen molar-refractivity contribution in [2.24, 2.45) is 0 Å². The fraction of sp³-hybridized carbons (Fsp3) is 0.261. The molecule has 1 aliphatic rings. The summed E-state index contributed by atoms with van der Waals surface area (Å²) in [6.45, 7) is 3.21. The Hall–Kier alpha value is -3.68. The number of ether oxygens (including phenoxy) is 1. The molecule has 3 aromatic rings. The number of aromatic nitrogens is 2. The topological polar surface area (TPSA) is 67.7 Å². The molecular formula is C23H23FN4O3. The normalized spacial score (nSPS) is 13.9. The maximum absolute atomic E-state index is 14.5. The average molecular weight is 422 g/mol. The molecule has 1 aliphatic heterocycles. The number of halogens is 1. The van der Waals surface area contributed by atoms with E-state index in [9.17, 15) is 14.0 Å². The number of Topliss-reactive ketones (excluding diaryl/α,β-unsaturated/α-hetero) is 1. The van der Waals surface area contributed by atoms with Gasteiger partial charge in [-0.25, -0.2) is 9.07 Å². The molecule has 0 unspecified atom stereocenters. The van der Waals surface area contributed by atoms with Crippen LogP contribution in [0, 0.1) is 5.82 Å². The molecule has 31 heavy (non-hydrogen) atoms. The van der Waals surface area contributed by atoms with Crippen LogP contribution in [-0.2, 0) is 0 Å². The molecule has 0 bridgehead atoms. The SMILES string of the molecule is COc1cn(-c2ccccc2)nc1C(=O)N1CCN(c2ccc(C(C)=O)cc2F)CC1. The molecule has 0 spiro atoms. The highest BCUT2D eigenvalue weighted by atomic mass is 19.1. The summed E-state index contributed by atoms with van der Waals surface area (Å²) in [5, 5.41) is 4.44. The number of benzene rings is 2. The molecule has 1 aromatic heterocycles. The summed E-state index contributed by atoms with van der Waals surface area (Å²) in [5.41, 5.74) is 1.85. The average Bonchev–Trinajstić information content (AvgIpc) is 3.24. The van der Waals surface area contributed by atoms with E-state index in [1.807, 2.05) is 35.2 Å². The molecule has 160 valence electrons. The highest BCUT2D eigenvalue weighted by molar-refractivity contribution is 5.95. The largest absolute Gasteiger partial charge is 0.493 e. The van der Waals surface area contributed by atoms with Gasteiger partial charge in [0.15, 0.2) is 17.2 Å². The number of methoxy groups -OCH3 is 1. The summed E-state index contributed by atoms with van der Waals surface area (Å²) in [5.74, 6) is -0.429. The minimum absolute atomic E-state index is 0.176. The fourth-order valence-corrected chi connectivity index (χ4v) is 3.65. The molecule has 2 heterocycles. The molecule has 0 radical (unpaired) electrons. The zero-order chi connectivity index (χ0) is 22.0. The van der Waals surface area contributed by atoms with E-state index in [-0.39, 0.29) is 17.4 Å². The van der Waals surface area contributed by atoms with Crippen molar-refractivity contribution in [2.75, 3.05) is 38.2 Å². The summed E-state index contributed by atoms with van der Waals surface area (Å²) in [6, 6.07) is 14.0. The molecular weight excluding hydrogens is 399 g/mol. The number of rotatable bonds is 5. The third kappa shape index (κ3) is 4.14. The number of hydrogen-bond acceptors (Lipinski definition) is 5. The Balaban J connectivity index is 1.48. The molecule has 1 fully saturated rings. The lowest BCUT2D eigenvalue weighted by Gasteiger charge is -2.36. The van der Waals surface area contributed by atoms with Crippen LogP contribution < -0.4 is 9.64 Å². The van der Waals surface area contributed by atoms with Gasteiger partial charge < -0.3 is 14.5 Å². The predicted octanol–water partition coefficient (Wildman–Crippen LogP) is 3.19. The van der Waals surface area contributed by atoms with Crippen LogP contribution in [0.1, 0.15) is 27.8 Å². The second kappa shape index (κ2) is 8.59. The first kappa shape index (κ1) is 20.6. The van der Waals surface area contributed by atoms with Gasteiger partial charge in [0.2, 0.25) is 0 Å². The highest BCUT2D eigenvalue weighted by Gasteiger charge is 2.28. The molecule has 1 amide bonds. The number of nitrogens with zero attached hydrogens (tertiary/aromatic N) is 4. The number of hydrogen-bond donors (Lipinski definition) is 0. The van der Waals surface area contributed by atoms with E-state index in [2.05, 4.69) is 5.10 Å². The second-order valence-electron chi connectivity index (χ2n) is 7.33. The van der Waals surface area contributed by atoms with Crippen LogP contribution >= 0.6 is 0 Å². The summed E-state index contributed by atoms with van der Waals surface area (Å²) >= 11 is 0. The van der Waals surface area contributed by atoms with Crippen LogP contribution in [0.4, 0.5) is 10.1 Å². The highest BCUT2D eigenvalue weighted by Crippen LogP contribution is 2.25. The van der Waals surface area contributed by atoms with Gasteiger partial charge in [-0.15, -0.1) is 0 Å². The number of ketones is 1. The molecule has 1 saturated heterocycles. The van der Waals surface area contributed by atoms with Crippen molar-refractivity contribution < 1.29 is 18.7 Å². The van der Waals surface area contributed by atoms with Crippen molar-refractivity contribution >= 4 is 17.4 Å². The van der Waals surface area contributed by atoms with Gasteiger partial charge in [0.25, 0.3) is 5.91 Å². The van der Waals surface area contributed by atoms with Crippen molar-refractivity contribution in [3.63, 3.8) is 0 Å². The van der Waals surface area contributed by atoms with Crippen molar-refractivity contribution in [3.05, 3.63) is 71.8 Å². The van der Waals surface area contributed by atoms with E-state index in [0.29, 0.717) is 43.2 Å². The van der Waals surface area contributed by atoms with Crippen molar-refractivity contribution in [3.8, 4) is 11.4 Å². The Labute approximate surface area is 179 Å². The third-order valence-corrected chi connectivity index (χ3v) is 5.39. The molecule has 0 saturated carbocycles. The number of para-hydroxylation sites is 1. The number of carbonyl (C=O) groups is 2. The summed E-state index contributed by atoms with van der Waals surface area (Å²) in [7, 11) is 1.51. The van der Waals surface area contributed by atoms with Crippen molar-refractivity contribution in [2.45, 2.75) is 6.92 Å². The molecule has 0 N–H and O–H groups in total. The monoisotopic (exact) mass is 422 g/mol. The molecule has 2 aromatic carbocycles. The molecule has 0 atom stereocenters. The van der Waals surface area contributed by atoms with E-state index < -0.39 is 5.82 Å². The number of amides is 1. The van der Waals surface area contributed by atoms with Crippen LogP contribution in [0.2, 0.25) is 0 Å². The van der Waals surface area contributed by atoms with E-state index >= 15 is 0 Å². The van der Waals surface area contributed by atoms with Gasteiger partial charge in [-0.3, -0.25) is 9.59 Å². The Bertz CT molecular complexity index is 1110. The lowest BCUT2D eigenvalue weighted by molar-refractivity contribution is 0.0736. The van der Waals surface area contributed by atoms with Crippen LogP contribution in [-0.4, -0.2) is 59.7 Å². The van der Waals surface area contributed by atoms with Crippen molar-refractivity contribution in [1.29, 1.82) is 0 Å². The van der Waals surface area contributed by atoms with Gasteiger partial charge in [0.05, 0.1) is 24.7 Å². The molecule has 0 aliphatic carbocycles. The summed E-state index contributed by atoms with van der Waals surface area (Å²) in [6.07, 6.45) is 1.69. The minimum atomic E-state index is -0.434. The first-order valence-electron chi connectivity index (χ1n) is 10.0. The first-order valence-corrected chi connectivity index (χ1v) is 10.0. The quantitative estimate of drug-likeness (QED) is 0.591. The summed E-state index contributed by atoms with van der Waals surface area (Å²) in [4.78, 5) is 28.1. The smallest absolute Gasteiger partial charge is 0.278 e. The summed E-state index contributed by atoms with van der Waals surface area (Å²) < 4.78 is 21.5. The second-order valence-corrected chi connectivity index (χ2v) is 7.33. The molecule has 7 nitrogen and oxygen atoms in total. The zero-order valence-electron chi connectivity index (χ0n) is 17.4. The number of carbonyl (C=O) groups excluding carboxylic acids is 2. The fourth-order valence-electron chi connectivity index (χ4n) is 3.65. The lowest BCUT2D eigenvalue weighted by Crippen LogP contribution is -2.49. The van der Waals surface area contributed by atoms with Crippen molar-refractivity contribution in [1.82, 2.24) is 14.7 Å². The maximum Gasteiger partial charge on any atom is 0.278 e. The van der Waals surface area contributed by atoms with E-state index in [1.165, 1.54) is 20.1 Å². The van der Waals surface area contributed by atoms with Gasteiger partial charge in [-0.2, -0.15) is 5.10 Å². The van der Waals surface area contributed by atoms with Gasteiger partial charge in [-0.1, -0.05) is 18.2 Å². The van der Waals surface area contributed by atoms with E-state index in [0.717, 1.165) is 5.69 Å². The molecule has 8 heteroatoms. The van der Waals surface area contributed by atoms with E-state index in [1.54, 1.807) is 27.9 Å². The number of anilines is 1. The van der Waals surface area contributed by atoms with Crippen LogP contribution in [0.15, 0.2) is 54.7 Å². The molecule has 4 rings (SSSR count). The Morgan fingerprint density at radius 3 is 2.35 bits per heavy atom. The van der Waals surface area contributed by atoms with Crippen LogP contribution in [0.25, 0.3) is 5.69 Å². The standard InChI is InChI=1S/C23H23FN4O3/c1-16(29)17-8-9-20(19(24)14-17)26-10-12-27(13-11-26)23(30)22-21(31-2)15-28(25-22)18-6-4-3-5-7-18/h3-9,14-15H,10-13H2,1-2H3. The predicted molar refractivity (Wildman–Crippen MR) is 115 cm³/mol. The van der Waals surface area contributed by atoms with Gasteiger partial charge in [-0.05, 0) is 37.3 Å². The zero-order valence-corrected chi connectivity index (χ0v) is 17.4. The Morgan fingerprint density at radius 1 is 1.03 bits per heavy atom. The van der Waals surface area contributed by atoms with Gasteiger partial charge in [0.1, 0.15) is 5.82 Å². The maximum atomic E-state index is 14.5. The van der Waals surface area contributed by atoms with Gasteiger partial charge in [0, 0.05) is 31.7 Å². The van der Waals surface area contributed by atoms with Gasteiger partial charge >= 0.3 is 0 Å². The van der Waals surface area contributed by atoms with Crippen LogP contribution in [0.3, 0.4) is 0 Å². The lowest BCUT2D eigenvalue weighted by atomic mass is 10.1. The Morgan fingerprint density at radius 2 is 1.74 bits per heavy atom. The number of piperazine rings is 1. The Kier molecular flexibility index (Phi) is 5.70. The first-order chi connectivity index (χ1) is 15.0. The van der Waals surface area contributed by atoms with E-state index in [4.69, 9.17) is 4.74 Å².